The van der Waals surface area contributed by atoms with Crippen molar-refractivity contribution in [2.75, 3.05) is 13.2 Å². The lowest BCUT2D eigenvalue weighted by molar-refractivity contribution is 0.308. The van der Waals surface area contributed by atoms with Crippen LogP contribution >= 0.6 is 0 Å². The summed E-state index contributed by atoms with van der Waals surface area (Å²) in [5, 5.41) is 0. The van der Waals surface area contributed by atoms with E-state index in [9.17, 15) is 8.42 Å². The summed E-state index contributed by atoms with van der Waals surface area (Å²) in [6.45, 7) is 4.93. The maximum absolute atomic E-state index is 13.4. The summed E-state index contributed by atoms with van der Waals surface area (Å²) in [5.74, 6) is -0.0372. The van der Waals surface area contributed by atoms with E-state index in [1.54, 1.807) is 6.07 Å². The Kier molecular flexibility index (Phi) is 6.28. The molecule has 1 N–H and O–H groups in total. The van der Waals surface area contributed by atoms with Crippen molar-refractivity contribution in [2.24, 2.45) is 0 Å². The lowest BCUT2D eigenvalue weighted by Crippen LogP contribution is -2.33. The van der Waals surface area contributed by atoms with E-state index in [4.69, 9.17) is 4.74 Å². The molecule has 0 amide bonds. The number of hydrogen-bond donors (Lipinski definition) is 1. The van der Waals surface area contributed by atoms with Gasteiger partial charge in [0.15, 0.2) is 0 Å². The molecule has 0 aliphatic carbocycles. The predicted molar refractivity (Wildman–Crippen MR) is 124 cm³/mol. The van der Waals surface area contributed by atoms with Crippen molar-refractivity contribution in [3.63, 3.8) is 0 Å². The summed E-state index contributed by atoms with van der Waals surface area (Å²) in [6, 6.07) is 25.6. The molecule has 0 aromatic heterocycles. The molecule has 31 heavy (non-hydrogen) atoms. The minimum Gasteiger partial charge on any atom is -0.363 e. The van der Waals surface area contributed by atoms with E-state index in [1.165, 1.54) is 0 Å². The Balaban J connectivity index is 1.64. The molecule has 3 aromatic carbocycles. The Bertz CT molecular complexity index is 1120. The van der Waals surface area contributed by atoms with Gasteiger partial charge < -0.3 is 4.74 Å². The molecule has 5 heteroatoms. The second kappa shape index (κ2) is 8.95. The monoisotopic (exact) mass is 435 g/mol. The van der Waals surface area contributed by atoms with E-state index in [-0.39, 0.29) is 12.5 Å². The van der Waals surface area contributed by atoms with Gasteiger partial charge >= 0.3 is 0 Å². The highest BCUT2D eigenvalue weighted by Gasteiger charge is 2.47. The van der Waals surface area contributed by atoms with Crippen LogP contribution in [-0.4, -0.2) is 21.6 Å². The molecule has 162 valence electrons. The first-order chi connectivity index (χ1) is 15.0. The van der Waals surface area contributed by atoms with Crippen molar-refractivity contribution in [3.8, 4) is 0 Å². The molecule has 1 saturated heterocycles. The topological polar surface area (TPSA) is 58.7 Å². The zero-order valence-corrected chi connectivity index (χ0v) is 18.9. The van der Waals surface area contributed by atoms with Gasteiger partial charge in [-0.3, -0.25) is 0 Å². The molecule has 1 aliphatic heterocycles. The number of ether oxygens (including phenoxy) is 1. The number of epoxide rings is 1. The third-order valence-electron chi connectivity index (χ3n) is 6.01. The van der Waals surface area contributed by atoms with E-state index >= 15 is 0 Å². The van der Waals surface area contributed by atoms with Gasteiger partial charge in [-0.2, -0.15) is 0 Å². The van der Waals surface area contributed by atoms with Gasteiger partial charge in [0.25, 0.3) is 0 Å². The maximum Gasteiger partial charge on any atom is 0.240 e. The molecule has 1 heterocycles. The van der Waals surface area contributed by atoms with Gasteiger partial charge in [-0.25, -0.2) is 13.1 Å². The third-order valence-corrected chi connectivity index (χ3v) is 7.48. The molecule has 0 spiro atoms. The van der Waals surface area contributed by atoms with E-state index in [2.05, 4.69) is 24.6 Å². The van der Waals surface area contributed by atoms with Gasteiger partial charge in [-0.05, 0) is 34.7 Å². The van der Waals surface area contributed by atoms with Crippen molar-refractivity contribution in [2.45, 2.75) is 43.1 Å². The summed E-state index contributed by atoms with van der Waals surface area (Å²) in [5.41, 5.74) is 3.51. The number of benzene rings is 3. The number of rotatable bonds is 9. The highest BCUT2D eigenvalue weighted by molar-refractivity contribution is 7.89. The van der Waals surface area contributed by atoms with Crippen LogP contribution in [0.15, 0.2) is 83.8 Å². The Morgan fingerprint density at radius 2 is 1.65 bits per heavy atom. The van der Waals surface area contributed by atoms with Gasteiger partial charge in [0.05, 0.1) is 11.5 Å². The van der Waals surface area contributed by atoms with E-state index in [0.29, 0.717) is 11.5 Å². The van der Waals surface area contributed by atoms with Gasteiger partial charge in [-0.1, -0.05) is 93.1 Å². The lowest BCUT2D eigenvalue weighted by Gasteiger charge is -2.20. The number of hydrogen-bond acceptors (Lipinski definition) is 3. The van der Waals surface area contributed by atoms with Gasteiger partial charge in [0.2, 0.25) is 10.0 Å². The molecule has 1 aliphatic rings. The maximum atomic E-state index is 13.4. The van der Waals surface area contributed by atoms with Crippen LogP contribution in [0.25, 0.3) is 0 Å². The Labute approximate surface area is 185 Å². The van der Waals surface area contributed by atoms with Crippen LogP contribution in [0.2, 0.25) is 0 Å². The number of sulfonamides is 1. The fourth-order valence-corrected chi connectivity index (χ4v) is 5.41. The molecular weight excluding hydrogens is 406 g/mol. The first kappa shape index (κ1) is 21.8. The normalized spacial score (nSPS) is 19.2. The summed E-state index contributed by atoms with van der Waals surface area (Å²) in [7, 11) is -3.71. The quantitative estimate of drug-likeness (QED) is 0.482. The van der Waals surface area contributed by atoms with E-state index < -0.39 is 15.6 Å². The average molecular weight is 436 g/mol. The Hall–Kier alpha value is -2.47. The van der Waals surface area contributed by atoms with Crippen LogP contribution in [0.1, 0.15) is 48.4 Å². The van der Waals surface area contributed by atoms with Crippen LogP contribution in [-0.2, 0) is 26.8 Å². The highest BCUT2D eigenvalue weighted by atomic mass is 32.2. The molecule has 3 aromatic rings. The highest BCUT2D eigenvalue weighted by Crippen LogP contribution is 2.38. The summed E-state index contributed by atoms with van der Waals surface area (Å²) in [4.78, 5) is 0.340. The average Bonchev–Trinajstić information content (AvgIpc) is 3.60. The largest absolute Gasteiger partial charge is 0.363 e. The molecule has 0 radical (unpaired) electrons. The van der Waals surface area contributed by atoms with E-state index in [1.807, 2.05) is 66.7 Å². The third kappa shape index (κ3) is 4.74. The smallest absolute Gasteiger partial charge is 0.240 e. The molecule has 1 fully saturated rings. The van der Waals surface area contributed by atoms with Crippen LogP contribution in [0, 0.1) is 0 Å². The zero-order chi connectivity index (χ0) is 21.9. The molecular formula is C26H29NO3S. The second-order valence-corrected chi connectivity index (χ2v) is 9.96. The fourth-order valence-electron chi connectivity index (χ4n) is 4.04. The van der Waals surface area contributed by atoms with Crippen LogP contribution < -0.4 is 4.72 Å². The Morgan fingerprint density at radius 3 is 2.26 bits per heavy atom. The summed E-state index contributed by atoms with van der Waals surface area (Å²) >= 11 is 0. The molecule has 0 saturated carbocycles. The van der Waals surface area contributed by atoms with Crippen LogP contribution in [0.4, 0.5) is 0 Å². The molecule has 4 rings (SSSR count). The van der Waals surface area contributed by atoms with Gasteiger partial charge in [0.1, 0.15) is 5.60 Å². The first-order valence-electron chi connectivity index (χ1n) is 10.8. The van der Waals surface area contributed by atoms with Crippen molar-refractivity contribution >= 4 is 10.0 Å². The second-order valence-electron chi connectivity index (χ2n) is 8.23. The van der Waals surface area contributed by atoms with Crippen LogP contribution in [0.3, 0.4) is 0 Å². The Morgan fingerprint density at radius 1 is 1.00 bits per heavy atom. The minimum atomic E-state index is -3.71. The van der Waals surface area contributed by atoms with E-state index in [0.717, 1.165) is 35.1 Å². The van der Waals surface area contributed by atoms with Gasteiger partial charge in [-0.15, -0.1) is 0 Å². The molecule has 2 atom stereocenters. The minimum absolute atomic E-state index is 0.0372. The van der Waals surface area contributed by atoms with Crippen LogP contribution in [0.5, 0.6) is 0 Å². The predicted octanol–water partition coefficient (Wildman–Crippen LogP) is 4.99. The van der Waals surface area contributed by atoms with Crippen molar-refractivity contribution in [1.82, 2.24) is 4.72 Å². The van der Waals surface area contributed by atoms with Crippen molar-refractivity contribution in [3.05, 3.63) is 101 Å². The summed E-state index contributed by atoms with van der Waals surface area (Å²) in [6.07, 6.45) is 1.94. The standard InChI is InChI=1S/C26H29NO3S/c1-3-10-21-15-16-25(24(17-21)20(2)22-11-6-4-7-12-22)31(28,29)27-18-26(19-30-26)23-13-8-5-9-14-23/h4-9,11-17,20,27H,3,10,18-19H2,1-2H3. The molecule has 0 bridgehead atoms. The lowest BCUT2D eigenvalue weighted by atomic mass is 9.91. The SMILES string of the molecule is CCCc1ccc(S(=O)(=O)NCC2(c3ccccc3)CO2)c(C(C)c2ccccc2)c1. The molecule has 4 nitrogen and oxygen atoms in total. The van der Waals surface area contributed by atoms with Gasteiger partial charge in [0, 0.05) is 12.5 Å². The number of aryl methyl sites for hydroxylation is 1. The first-order valence-corrected chi connectivity index (χ1v) is 12.3. The fraction of sp³-hybridized carbons (Fsp3) is 0.308. The van der Waals surface area contributed by atoms with Crippen molar-refractivity contribution < 1.29 is 13.2 Å². The zero-order valence-electron chi connectivity index (χ0n) is 18.0. The number of nitrogens with one attached hydrogen (secondary N) is 1. The van der Waals surface area contributed by atoms with Crippen molar-refractivity contribution in [1.29, 1.82) is 0 Å². The summed E-state index contributed by atoms with van der Waals surface area (Å²) < 4.78 is 35.3. The molecule has 2 unspecified atom stereocenters.